The van der Waals surface area contributed by atoms with E-state index in [2.05, 4.69) is 15.4 Å². The number of aromatic nitrogens is 3. The van der Waals surface area contributed by atoms with Crippen LogP contribution in [0.25, 0.3) is 0 Å². The van der Waals surface area contributed by atoms with Gasteiger partial charge in [-0.2, -0.15) is 5.10 Å². The Morgan fingerprint density at radius 3 is 2.79 bits per heavy atom. The third kappa shape index (κ3) is 2.57. The second-order valence-electron chi connectivity index (χ2n) is 4.37. The van der Waals surface area contributed by atoms with Crippen molar-refractivity contribution in [3.63, 3.8) is 0 Å². The molecule has 0 aromatic carbocycles. The van der Waals surface area contributed by atoms with Crippen molar-refractivity contribution >= 4 is 17.3 Å². The average molecular weight is 259 g/mol. The lowest BCUT2D eigenvalue weighted by Crippen LogP contribution is -2.19. The summed E-state index contributed by atoms with van der Waals surface area (Å²) in [4.78, 5) is 16.3. The minimum atomic E-state index is -0.271. The highest BCUT2D eigenvalue weighted by Crippen LogP contribution is 2.18. The van der Waals surface area contributed by atoms with Crippen LogP contribution in [0.3, 0.4) is 0 Å². The van der Waals surface area contributed by atoms with Crippen LogP contribution in [0, 0.1) is 13.8 Å². The van der Waals surface area contributed by atoms with E-state index in [0.29, 0.717) is 29.3 Å². The number of anilines is 2. The normalized spacial score (nSPS) is 10.5. The van der Waals surface area contributed by atoms with Crippen LogP contribution in [0.1, 0.15) is 28.7 Å². The molecule has 0 aliphatic heterocycles. The molecule has 2 aromatic rings. The summed E-state index contributed by atoms with van der Waals surface area (Å²) in [5.74, 6) is -0.271. The quantitative estimate of drug-likeness (QED) is 0.879. The SMILES string of the molecule is CCn1nc(C)c(N)c1C(=O)Nc1cncc(C)c1. The van der Waals surface area contributed by atoms with E-state index < -0.39 is 0 Å². The number of hydrogen-bond donors (Lipinski definition) is 2. The first-order valence-corrected chi connectivity index (χ1v) is 6.08. The Hall–Kier alpha value is -2.37. The van der Waals surface area contributed by atoms with E-state index in [1.54, 1.807) is 24.0 Å². The van der Waals surface area contributed by atoms with Crippen LogP contribution in [0.4, 0.5) is 11.4 Å². The zero-order valence-corrected chi connectivity index (χ0v) is 11.3. The molecule has 0 saturated heterocycles. The fraction of sp³-hybridized carbons (Fsp3) is 0.308. The fourth-order valence-electron chi connectivity index (χ4n) is 1.88. The highest BCUT2D eigenvalue weighted by atomic mass is 16.2. The second-order valence-corrected chi connectivity index (χ2v) is 4.37. The molecule has 2 heterocycles. The van der Waals surface area contributed by atoms with E-state index in [0.717, 1.165) is 5.56 Å². The maximum atomic E-state index is 12.3. The number of carbonyl (C=O) groups excluding carboxylic acids is 1. The van der Waals surface area contributed by atoms with Crippen LogP contribution in [-0.2, 0) is 6.54 Å². The molecule has 19 heavy (non-hydrogen) atoms. The molecule has 3 N–H and O–H groups in total. The maximum absolute atomic E-state index is 12.3. The fourth-order valence-corrected chi connectivity index (χ4v) is 1.88. The van der Waals surface area contributed by atoms with Crippen LogP contribution < -0.4 is 11.1 Å². The summed E-state index contributed by atoms with van der Waals surface area (Å²) >= 11 is 0. The van der Waals surface area contributed by atoms with Crippen molar-refractivity contribution in [3.05, 3.63) is 35.4 Å². The molecular weight excluding hydrogens is 242 g/mol. The minimum Gasteiger partial charge on any atom is -0.395 e. The van der Waals surface area contributed by atoms with E-state index in [1.165, 1.54) is 0 Å². The van der Waals surface area contributed by atoms with Gasteiger partial charge in [0.15, 0.2) is 0 Å². The zero-order chi connectivity index (χ0) is 14.0. The largest absolute Gasteiger partial charge is 0.395 e. The van der Waals surface area contributed by atoms with Crippen LogP contribution in [0.2, 0.25) is 0 Å². The van der Waals surface area contributed by atoms with E-state index >= 15 is 0 Å². The molecule has 0 fully saturated rings. The molecule has 0 spiro atoms. The Morgan fingerprint density at radius 1 is 1.42 bits per heavy atom. The van der Waals surface area contributed by atoms with Crippen molar-refractivity contribution in [2.45, 2.75) is 27.3 Å². The molecular formula is C13H17N5O. The van der Waals surface area contributed by atoms with Crippen molar-refractivity contribution in [2.75, 3.05) is 11.1 Å². The van der Waals surface area contributed by atoms with Gasteiger partial charge in [-0.25, -0.2) is 0 Å². The molecule has 2 aromatic heterocycles. The Labute approximate surface area is 111 Å². The molecule has 100 valence electrons. The Balaban J connectivity index is 2.30. The first-order valence-electron chi connectivity index (χ1n) is 6.08. The molecule has 0 aliphatic carbocycles. The van der Waals surface area contributed by atoms with Crippen molar-refractivity contribution in [2.24, 2.45) is 0 Å². The number of nitrogens with one attached hydrogen (secondary N) is 1. The van der Waals surface area contributed by atoms with Gasteiger partial charge in [0.2, 0.25) is 0 Å². The molecule has 0 unspecified atom stereocenters. The van der Waals surface area contributed by atoms with Gasteiger partial charge < -0.3 is 11.1 Å². The van der Waals surface area contributed by atoms with E-state index in [4.69, 9.17) is 5.73 Å². The summed E-state index contributed by atoms with van der Waals surface area (Å²) in [5, 5.41) is 7.01. The first kappa shape index (κ1) is 13.1. The third-order valence-electron chi connectivity index (χ3n) is 2.82. The summed E-state index contributed by atoms with van der Waals surface area (Å²) in [6, 6.07) is 1.85. The smallest absolute Gasteiger partial charge is 0.276 e. The Morgan fingerprint density at radius 2 is 2.16 bits per heavy atom. The summed E-state index contributed by atoms with van der Waals surface area (Å²) in [5.41, 5.74) is 8.99. The van der Waals surface area contributed by atoms with E-state index in [9.17, 15) is 4.79 Å². The number of aryl methyl sites for hydroxylation is 3. The second kappa shape index (κ2) is 5.09. The summed E-state index contributed by atoms with van der Waals surface area (Å²) in [7, 11) is 0. The van der Waals surface area contributed by atoms with E-state index in [-0.39, 0.29) is 5.91 Å². The van der Waals surface area contributed by atoms with Crippen molar-refractivity contribution < 1.29 is 4.79 Å². The predicted molar refractivity (Wildman–Crippen MR) is 74.0 cm³/mol. The molecule has 0 bridgehead atoms. The number of nitrogens with zero attached hydrogens (tertiary/aromatic N) is 3. The third-order valence-corrected chi connectivity index (χ3v) is 2.82. The highest BCUT2D eigenvalue weighted by Gasteiger charge is 2.19. The van der Waals surface area contributed by atoms with Crippen LogP contribution >= 0.6 is 0 Å². The topological polar surface area (TPSA) is 85.8 Å². The van der Waals surface area contributed by atoms with Crippen molar-refractivity contribution in [1.82, 2.24) is 14.8 Å². The van der Waals surface area contributed by atoms with Crippen LogP contribution in [0.15, 0.2) is 18.5 Å². The number of nitrogens with two attached hydrogens (primary N) is 1. The number of amides is 1. The average Bonchev–Trinajstić information content (AvgIpc) is 2.65. The van der Waals surface area contributed by atoms with Gasteiger partial charge in [-0.05, 0) is 32.4 Å². The van der Waals surface area contributed by atoms with Gasteiger partial charge in [0.05, 0.1) is 23.3 Å². The minimum absolute atomic E-state index is 0.271. The summed E-state index contributed by atoms with van der Waals surface area (Å²) in [6.45, 7) is 6.20. The number of nitrogen functional groups attached to an aromatic ring is 1. The van der Waals surface area contributed by atoms with Crippen LogP contribution in [-0.4, -0.2) is 20.7 Å². The number of rotatable bonds is 3. The summed E-state index contributed by atoms with van der Waals surface area (Å²) in [6.07, 6.45) is 3.32. The van der Waals surface area contributed by atoms with Gasteiger partial charge in [0.1, 0.15) is 5.69 Å². The molecule has 0 aliphatic rings. The maximum Gasteiger partial charge on any atom is 0.276 e. The molecule has 2 rings (SSSR count). The lowest BCUT2D eigenvalue weighted by atomic mass is 10.2. The molecule has 6 nitrogen and oxygen atoms in total. The van der Waals surface area contributed by atoms with Gasteiger partial charge in [-0.1, -0.05) is 0 Å². The van der Waals surface area contributed by atoms with Gasteiger partial charge in [0, 0.05) is 12.7 Å². The highest BCUT2D eigenvalue weighted by molar-refractivity contribution is 6.06. The van der Waals surface area contributed by atoms with Gasteiger partial charge in [0.25, 0.3) is 5.91 Å². The van der Waals surface area contributed by atoms with Gasteiger partial charge in [-0.3, -0.25) is 14.5 Å². The molecule has 0 atom stereocenters. The Bertz CT molecular complexity index is 617. The summed E-state index contributed by atoms with van der Waals surface area (Å²) < 4.78 is 1.60. The number of hydrogen-bond acceptors (Lipinski definition) is 4. The lowest BCUT2D eigenvalue weighted by Gasteiger charge is -2.07. The zero-order valence-electron chi connectivity index (χ0n) is 11.3. The number of pyridine rings is 1. The standard InChI is InChI=1S/C13H17N5O/c1-4-18-12(11(14)9(3)17-18)13(19)16-10-5-8(2)6-15-7-10/h5-7H,4,14H2,1-3H3,(H,16,19). The van der Waals surface area contributed by atoms with Crippen molar-refractivity contribution in [3.8, 4) is 0 Å². The predicted octanol–water partition coefficient (Wildman–Crippen LogP) is 1.75. The van der Waals surface area contributed by atoms with Gasteiger partial charge in [-0.15, -0.1) is 0 Å². The first-order chi connectivity index (χ1) is 9.02. The van der Waals surface area contributed by atoms with E-state index in [1.807, 2.05) is 19.9 Å². The van der Waals surface area contributed by atoms with Crippen molar-refractivity contribution in [1.29, 1.82) is 0 Å². The number of carbonyl (C=O) groups is 1. The van der Waals surface area contributed by atoms with Gasteiger partial charge >= 0.3 is 0 Å². The molecule has 1 amide bonds. The monoisotopic (exact) mass is 259 g/mol. The lowest BCUT2D eigenvalue weighted by molar-refractivity contribution is 0.101. The van der Waals surface area contributed by atoms with Crippen LogP contribution in [0.5, 0.6) is 0 Å². The molecule has 6 heteroatoms. The molecule has 0 saturated carbocycles. The Kier molecular flexibility index (Phi) is 3.50. The molecule has 0 radical (unpaired) electrons.